The van der Waals surface area contributed by atoms with Gasteiger partial charge in [-0.1, -0.05) is 12.8 Å². The Morgan fingerprint density at radius 3 is 2.29 bits per heavy atom. The minimum Gasteiger partial charge on any atom is -0.481 e. The maximum Gasteiger partial charge on any atom is 0.303 e. The smallest absolute Gasteiger partial charge is 0.303 e. The summed E-state index contributed by atoms with van der Waals surface area (Å²) >= 11 is 0. The molecule has 0 amide bonds. The predicted molar refractivity (Wildman–Crippen MR) is 52.8 cm³/mol. The number of rotatable bonds is 2. The van der Waals surface area contributed by atoms with E-state index in [0.717, 1.165) is 23.7 Å². The predicted octanol–water partition coefficient (Wildman–Crippen LogP) is 2.53. The Kier molecular flexibility index (Phi) is 1.86. The first-order valence-corrected chi connectivity index (χ1v) is 5.97. The molecule has 0 aliphatic heterocycles. The summed E-state index contributed by atoms with van der Waals surface area (Å²) in [5, 5.41) is 8.87. The Labute approximate surface area is 84.7 Å². The van der Waals surface area contributed by atoms with Crippen LogP contribution < -0.4 is 0 Å². The number of carbonyl (C=O) groups is 1. The quantitative estimate of drug-likeness (QED) is 0.733. The van der Waals surface area contributed by atoms with Crippen molar-refractivity contribution >= 4 is 5.97 Å². The lowest BCUT2D eigenvalue weighted by Gasteiger charge is -2.59. The Morgan fingerprint density at radius 2 is 1.71 bits per heavy atom. The zero-order valence-electron chi connectivity index (χ0n) is 8.48. The van der Waals surface area contributed by atoms with E-state index in [2.05, 4.69) is 0 Å². The van der Waals surface area contributed by atoms with E-state index in [1.54, 1.807) is 0 Å². The van der Waals surface area contributed by atoms with Crippen molar-refractivity contribution in [2.24, 2.45) is 29.6 Å². The minimum atomic E-state index is -0.582. The van der Waals surface area contributed by atoms with Crippen LogP contribution in [0.3, 0.4) is 0 Å². The van der Waals surface area contributed by atoms with Crippen molar-refractivity contribution in [1.29, 1.82) is 0 Å². The van der Waals surface area contributed by atoms with Gasteiger partial charge in [0.15, 0.2) is 0 Å². The van der Waals surface area contributed by atoms with E-state index in [0.29, 0.717) is 12.3 Å². The maximum absolute atomic E-state index is 10.8. The molecule has 3 unspecified atom stereocenters. The number of aliphatic carboxylic acids is 1. The van der Waals surface area contributed by atoms with E-state index in [1.165, 1.54) is 32.1 Å². The maximum atomic E-state index is 10.8. The largest absolute Gasteiger partial charge is 0.481 e. The molecule has 3 fully saturated rings. The zero-order chi connectivity index (χ0) is 9.71. The molecule has 0 aromatic rings. The van der Waals surface area contributed by atoms with Crippen LogP contribution in [-0.2, 0) is 4.79 Å². The van der Waals surface area contributed by atoms with Gasteiger partial charge in [-0.25, -0.2) is 0 Å². The van der Waals surface area contributed by atoms with Gasteiger partial charge in [-0.3, -0.25) is 4.79 Å². The second-order valence-electron chi connectivity index (χ2n) is 5.51. The van der Waals surface area contributed by atoms with Gasteiger partial charge in [0.25, 0.3) is 0 Å². The SMILES string of the molecule is O=C(O)C[C@H]1C2CCC3CC[C@@H]1C2C3. The fraction of sp³-hybridized carbons (Fsp3) is 0.917. The van der Waals surface area contributed by atoms with Crippen LogP contribution in [0.1, 0.15) is 38.5 Å². The number of fused-ring (bicyclic) bond motifs is 1. The molecule has 1 N–H and O–H groups in total. The second kappa shape index (κ2) is 2.98. The van der Waals surface area contributed by atoms with E-state index in [-0.39, 0.29) is 0 Å². The molecule has 3 saturated carbocycles. The first kappa shape index (κ1) is 8.75. The van der Waals surface area contributed by atoms with Crippen molar-refractivity contribution in [3.63, 3.8) is 0 Å². The molecule has 2 heteroatoms. The number of carboxylic acid groups (broad SMARTS) is 1. The standard InChI is InChI=1S/C12H18O2/c13-12(14)6-11-8-3-1-7-2-4-9(11)10(8)5-7/h7-11H,1-6H2,(H,13,14)/t7?,8-,9?,10?,11-/m1/s1. The summed E-state index contributed by atoms with van der Waals surface area (Å²) in [6.07, 6.45) is 7.27. The van der Waals surface area contributed by atoms with E-state index in [1.807, 2.05) is 0 Å². The molecule has 14 heavy (non-hydrogen) atoms. The minimum absolute atomic E-state index is 0.441. The Bertz CT molecular complexity index is 245. The summed E-state index contributed by atoms with van der Waals surface area (Å²) in [6.45, 7) is 0. The van der Waals surface area contributed by atoms with Gasteiger partial charge in [-0.05, 0) is 48.9 Å². The third-order valence-electron chi connectivity index (χ3n) is 5.03. The van der Waals surface area contributed by atoms with Crippen molar-refractivity contribution in [3.8, 4) is 0 Å². The second-order valence-corrected chi connectivity index (χ2v) is 5.51. The average molecular weight is 194 g/mol. The van der Waals surface area contributed by atoms with Crippen LogP contribution >= 0.6 is 0 Å². The molecule has 0 heterocycles. The van der Waals surface area contributed by atoms with E-state index < -0.39 is 5.97 Å². The lowest BCUT2D eigenvalue weighted by Crippen LogP contribution is -2.53. The average Bonchev–Trinajstić information content (AvgIpc) is 2.12. The van der Waals surface area contributed by atoms with Crippen molar-refractivity contribution < 1.29 is 9.90 Å². The number of carboxylic acids is 1. The molecular weight excluding hydrogens is 176 g/mol. The molecule has 0 aromatic carbocycles. The Balaban J connectivity index is 1.73. The fourth-order valence-corrected chi connectivity index (χ4v) is 4.46. The van der Waals surface area contributed by atoms with Gasteiger partial charge in [-0.15, -0.1) is 0 Å². The van der Waals surface area contributed by atoms with E-state index >= 15 is 0 Å². The molecule has 2 nitrogen and oxygen atoms in total. The highest BCUT2D eigenvalue weighted by Gasteiger charge is 2.54. The first-order chi connectivity index (χ1) is 6.75. The molecule has 2 bridgehead atoms. The molecule has 0 radical (unpaired) electrons. The molecule has 0 saturated heterocycles. The molecule has 0 spiro atoms. The summed E-state index contributed by atoms with van der Waals surface area (Å²) in [6, 6.07) is 0. The molecular formula is C12H18O2. The molecule has 3 aliphatic rings. The van der Waals surface area contributed by atoms with Gasteiger partial charge in [0, 0.05) is 6.42 Å². The number of hydrogen-bond acceptors (Lipinski definition) is 1. The van der Waals surface area contributed by atoms with Gasteiger partial charge in [-0.2, -0.15) is 0 Å². The summed E-state index contributed by atoms with van der Waals surface area (Å²) in [5.41, 5.74) is 0. The Morgan fingerprint density at radius 1 is 1.07 bits per heavy atom. The van der Waals surface area contributed by atoms with Crippen LogP contribution in [0, 0.1) is 29.6 Å². The van der Waals surface area contributed by atoms with Crippen molar-refractivity contribution in [2.45, 2.75) is 38.5 Å². The molecule has 3 aliphatic carbocycles. The van der Waals surface area contributed by atoms with Crippen LogP contribution in [0.4, 0.5) is 0 Å². The van der Waals surface area contributed by atoms with Crippen molar-refractivity contribution in [2.75, 3.05) is 0 Å². The van der Waals surface area contributed by atoms with Crippen molar-refractivity contribution in [3.05, 3.63) is 0 Å². The van der Waals surface area contributed by atoms with Crippen LogP contribution in [-0.4, -0.2) is 11.1 Å². The summed E-state index contributed by atoms with van der Waals surface area (Å²) in [7, 11) is 0. The highest BCUT2D eigenvalue weighted by Crippen LogP contribution is 2.61. The molecule has 0 aromatic heterocycles. The van der Waals surface area contributed by atoms with Gasteiger partial charge >= 0.3 is 5.97 Å². The molecule has 5 atom stereocenters. The first-order valence-electron chi connectivity index (χ1n) is 5.97. The monoisotopic (exact) mass is 194 g/mol. The third kappa shape index (κ3) is 1.12. The van der Waals surface area contributed by atoms with Gasteiger partial charge in [0.1, 0.15) is 0 Å². The van der Waals surface area contributed by atoms with Crippen LogP contribution in [0.2, 0.25) is 0 Å². The van der Waals surface area contributed by atoms with Crippen LogP contribution in [0.15, 0.2) is 0 Å². The topological polar surface area (TPSA) is 37.3 Å². The van der Waals surface area contributed by atoms with Gasteiger partial charge in [0.2, 0.25) is 0 Å². The summed E-state index contributed by atoms with van der Waals surface area (Å²) in [4.78, 5) is 10.8. The fourth-order valence-electron chi connectivity index (χ4n) is 4.46. The molecule has 78 valence electrons. The lowest BCUT2D eigenvalue weighted by atomic mass is 9.45. The van der Waals surface area contributed by atoms with E-state index in [9.17, 15) is 4.79 Å². The third-order valence-corrected chi connectivity index (χ3v) is 5.03. The van der Waals surface area contributed by atoms with E-state index in [4.69, 9.17) is 5.11 Å². The van der Waals surface area contributed by atoms with Gasteiger partial charge < -0.3 is 5.11 Å². The lowest BCUT2D eigenvalue weighted by molar-refractivity contribution is -0.150. The highest BCUT2D eigenvalue weighted by molar-refractivity contribution is 5.67. The molecule has 3 rings (SSSR count). The Hall–Kier alpha value is -0.530. The number of hydrogen-bond donors (Lipinski definition) is 1. The van der Waals surface area contributed by atoms with Crippen LogP contribution in [0.5, 0.6) is 0 Å². The van der Waals surface area contributed by atoms with Crippen LogP contribution in [0.25, 0.3) is 0 Å². The highest BCUT2D eigenvalue weighted by atomic mass is 16.4. The summed E-state index contributed by atoms with van der Waals surface area (Å²) in [5.74, 6) is 3.45. The summed E-state index contributed by atoms with van der Waals surface area (Å²) < 4.78 is 0. The normalized spacial score (nSPS) is 49.6. The zero-order valence-corrected chi connectivity index (χ0v) is 8.48. The van der Waals surface area contributed by atoms with Gasteiger partial charge in [0.05, 0.1) is 0 Å². The van der Waals surface area contributed by atoms with Crippen molar-refractivity contribution in [1.82, 2.24) is 0 Å².